The zero-order valence-corrected chi connectivity index (χ0v) is 11.8. The van der Waals surface area contributed by atoms with Gasteiger partial charge < -0.3 is 9.80 Å². The summed E-state index contributed by atoms with van der Waals surface area (Å²) in [6.07, 6.45) is 5.09. The third-order valence-electron chi connectivity index (χ3n) is 3.80. The third-order valence-corrected chi connectivity index (χ3v) is 4.13. The molecule has 1 saturated heterocycles. The summed E-state index contributed by atoms with van der Waals surface area (Å²) in [6, 6.07) is 1.61. The molecular formula is C14H16ClN3O2. The molecule has 2 amide bonds. The van der Waals surface area contributed by atoms with E-state index in [9.17, 15) is 9.59 Å². The Morgan fingerprint density at radius 2 is 1.80 bits per heavy atom. The van der Waals surface area contributed by atoms with Crippen molar-refractivity contribution in [2.24, 2.45) is 5.92 Å². The Bertz CT molecular complexity index is 537. The number of nitrogens with zero attached hydrogens (tertiary/aromatic N) is 3. The average molecular weight is 294 g/mol. The molecule has 1 aromatic heterocycles. The number of carbonyl (C=O) groups excluding carboxylic acids is 2. The number of aromatic nitrogens is 1. The molecule has 106 valence electrons. The van der Waals surface area contributed by atoms with Crippen LogP contribution in [0.15, 0.2) is 18.5 Å². The highest BCUT2D eigenvalue weighted by molar-refractivity contribution is 6.33. The van der Waals surface area contributed by atoms with E-state index in [0.717, 1.165) is 12.8 Å². The standard InChI is InChI=1S/C14H16ClN3O2/c15-12-3-4-16-9-11(12)14(20)18-7-5-17(6-8-18)13(19)10-1-2-10/h3-4,9-10H,1-2,5-8H2. The van der Waals surface area contributed by atoms with E-state index < -0.39 is 0 Å². The van der Waals surface area contributed by atoms with Gasteiger partial charge in [0.2, 0.25) is 5.91 Å². The fourth-order valence-corrected chi connectivity index (χ4v) is 2.61. The van der Waals surface area contributed by atoms with E-state index in [0.29, 0.717) is 36.8 Å². The summed E-state index contributed by atoms with van der Waals surface area (Å²) in [7, 11) is 0. The molecule has 3 rings (SSSR count). The molecule has 1 saturated carbocycles. The van der Waals surface area contributed by atoms with Gasteiger partial charge >= 0.3 is 0 Å². The Balaban J connectivity index is 1.61. The number of hydrogen-bond donors (Lipinski definition) is 0. The van der Waals surface area contributed by atoms with Crippen molar-refractivity contribution in [1.82, 2.24) is 14.8 Å². The Labute approximate surface area is 122 Å². The molecule has 0 bridgehead atoms. The van der Waals surface area contributed by atoms with Crippen LogP contribution in [-0.2, 0) is 4.79 Å². The number of piperazine rings is 1. The maximum atomic E-state index is 12.3. The largest absolute Gasteiger partial charge is 0.339 e. The molecule has 0 spiro atoms. The molecule has 0 aromatic carbocycles. The minimum atomic E-state index is -0.110. The van der Waals surface area contributed by atoms with Gasteiger partial charge in [0.15, 0.2) is 0 Å². The van der Waals surface area contributed by atoms with Crippen LogP contribution in [-0.4, -0.2) is 52.8 Å². The Morgan fingerprint density at radius 3 is 2.40 bits per heavy atom. The summed E-state index contributed by atoms with van der Waals surface area (Å²) < 4.78 is 0. The van der Waals surface area contributed by atoms with Crippen molar-refractivity contribution in [3.8, 4) is 0 Å². The Kier molecular flexibility index (Phi) is 3.61. The predicted molar refractivity (Wildman–Crippen MR) is 74.5 cm³/mol. The van der Waals surface area contributed by atoms with Crippen molar-refractivity contribution in [2.45, 2.75) is 12.8 Å². The van der Waals surface area contributed by atoms with Crippen molar-refractivity contribution in [2.75, 3.05) is 26.2 Å². The highest BCUT2D eigenvalue weighted by Crippen LogP contribution is 2.31. The maximum absolute atomic E-state index is 12.3. The smallest absolute Gasteiger partial charge is 0.257 e. The molecule has 1 aliphatic heterocycles. The second-order valence-corrected chi connectivity index (χ2v) is 5.65. The van der Waals surface area contributed by atoms with Gasteiger partial charge in [-0.15, -0.1) is 0 Å². The SMILES string of the molecule is O=C(c1cnccc1Cl)N1CCN(C(=O)C2CC2)CC1. The highest BCUT2D eigenvalue weighted by atomic mass is 35.5. The minimum Gasteiger partial charge on any atom is -0.339 e. The van der Waals surface area contributed by atoms with Crippen LogP contribution >= 0.6 is 11.6 Å². The summed E-state index contributed by atoms with van der Waals surface area (Å²) in [5.74, 6) is 0.378. The van der Waals surface area contributed by atoms with E-state index in [2.05, 4.69) is 4.98 Å². The molecule has 0 unspecified atom stereocenters. The van der Waals surface area contributed by atoms with Crippen LogP contribution in [0.2, 0.25) is 5.02 Å². The Morgan fingerprint density at radius 1 is 1.15 bits per heavy atom. The summed E-state index contributed by atoms with van der Waals surface area (Å²) in [6.45, 7) is 2.34. The van der Waals surface area contributed by atoms with Gasteiger partial charge in [-0.25, -0.2) is 0 Å². The van der Waals surface area contributed by atoms with Crippen molar-refractivity contribution in [3.05, 3.63) is 29.0 Å². The molecule has 1 aliphatic carbocycles. The molecule has 2 fully saturated rings. The second kappa shape index (κ2) is 5.40. The van der Waals surface area contributed by atoms with Crippen LogP contribution in [0.1, 0.15) is 23.2 Å². The van der Waals surface area contributed by atoms with Crippen LogP contribution in [0.25, 0.3) is 0 Å². The van der Waals surface area contributed by atoms with E-state index in [-0.39, 0.29) is 17.7 Å². The van der Waals surface area contributed by atoms with Gasteiger partial charge in [0.05, 0.1) is 10.6 Å². The summed E-state index contributed by atoms with van der Waals surface area (Å²) in [5, 5.41) is 0.418. The van der Waals surface area contributed by atoms with Crippen molar-refractivity contribution < 1.29 is 9.59 Å². The fourth-order valence-electron chi connectivity index (χ4n) is 2.42. The molecule has 5 nitrogen and oxygen atoms in total. The zero-order chi connectivity index (χ0) is 14.1. The molecule has 0 radical (unpaired) electrons. The van der Waals surface area contributed by atoms with Crippen LogP contribution in [0.3, 0.4) is 0 Å². The lowest BCUT2D eigenvalue weighted by atomic mass is 10.2. The first-order valence-corrected chi connectivity index (χ1v) is 7.22. The van der Waals surface area contributed by atoms with Gasteiger partial charge in [0.1, 0.15) is 0 Å². The van der Waals surface area contributed by atoms with E-state index in [1.165, 1.54) is 6.20 Å². The fraction of sp³-hybridized carbons (Fsp3) is 0.500. The lowest BCUT2D eigenvalue weighted by Crippen LogP contribution is -2.51. The molecule has 2 heterocycles. The van der Waals surface area contributed by atoms with Crippen molar-refractivity contribution in [3.63, 3.8) is 0 Å². The zero-order valence-electron chi connectivity index (χ0n) is 11.1. The number of rotatable bonds is 2. The van der Waals surface area contributed by atoms with E-state index >= 15 is 0 Å². The summed E-state index contributed by atoms with van der Waals surface area (Å²) >= 11 is 6.02. The Hall–Kier alpha value is -1.62. The molecular weight excluding hydrogens is 278 g/mol. The quantitative estimate of drug-likeness (QED) is 0.829. The lowest BCUT2D eigenvalue weighted by molar-refractivity contribution is -0.134. The number of amides is 2. The van der Waals surface area contributed by atoms with Gasteiger partial charge in [-0.3, -0.25) is 14.6 Å². The first kappa shape index (κ1) is 13.4. The normalized spacial score (nSPS) is 19.1. The van der Waals surface area contributed by atoms with E-state index in [1.807, 2.05) is 4.90 Å². The first-order valence-electron chi connectivity index (χ1n) is 6.84. The molecule has 0 atom stereocenters. The van der Waals surface area contributed by atoms with Crippen LogP contribution in [0.5, 0.6) is 0 Å². The van der Waals surface area contributed by atoms with Gasteiger partial charge in [-0.05, 0) is 18.9 Å². The molecule has 20 heavy (non-hydrogen) atoms. The minimum absolute atomic E-state index is 0.110. The predicted octanol–water partition coefficient (Wildman–Crippen LogP) is 1.43. The highest BCUT2D eigenvalue weighted by Gasteiger charge is 2.35. The van der Waals surface area contributed by atoms with Crippen molar-refractivity contribution in [1.29, 1.82) is 0 Å². The van der Waals surface area contributed by atoms with Gasteiger partial charge in [-0.1, -0.05) is 11.6 Å². The number of halogens is 1. The van der Waals surface area contributed by atoms with Crippen molar-refractivity contribution >= 4 is 23.4 Å². The molecule has 6 heteroatoms. The van der Waals surface area contributed by atoms with Gasteiger partial charge in [0, 0.05) is 44.5 Å². The topological polar surface area (TPSA) is 53.5 Å². The maximum Gasteiger partial charge on any atom is 0.257 e. The van der Waals surface area contributed by atoms with Gasteiger partial charge in [-0.2, -0.15) is 0 Å². The number of hydrogen-bond acceptors (Lipinski definition) is 3. The molecule has 2 aliphatic rings. The first-order chi connectivity index (χ1) is 9.66. The second-order valence-electron chi connectivity index (χ2n) is 5.25. The summed E-state index contributed by atoms with van der Waals surface area (Å²) in [4.78, 5) is 31.8. The van der Waals surface area contributed by atoms with Gasteiger partial charge in [0.25, 0.3) is 5.91 Å². The molecule has 0 N–H and O–H groups in total. The van der Waals surface area contributed by atoms with E-state index in [1.54, 1.807) is 17.2 Å². The van der Waals surface area contributed by atoms with E-state index in [4.69, 9.17) is 11.6 Å². The number of carbonyl (C=O) groups is 2. The van der Waals surface area contributed by atoms with Crippen LogP contribution in [0, 0.1) is 5.92 Å². The molecule has 1 aromatic rings. The van der Waals surface area contributed by atoms with Crippen LogP contribution < -0.4 is 0 Å². The van der Waals surface area contributed by atoms with Crippen LogP contribution in [0.4, 0.5) is 0 Å². The average Bonchev–Trinajstić information content (AvgIpc) is 3.31. The number of pyridine rings is 1. The monoisotopic (exact) mass is 293 g/mol. The summed E-state index contributed by atoms with van der Waals surface area (Å²) in [5.41, 5.74) is 0.427. The third kappa shape index (κ3) is 2.63. The lowest BCUT2D eigenvalue weighted by Gasteiger charge is -2.35.